The van der Waals surface area contributed by atoms with Crippen LogP contribution in [0.3, 0.4) is 0 Å². The average Bonchev–Trinajstić information content (AvgIpc) is 3.56. The van der Waals surface area contributed by atoms with E-state index in [9.17, 15) is 18.3 Å². The van der Waals surface area contributed by atoms with Crippen molar-refractivity contribution in [3.05, 3.63) is 53.9 Å². The predicted molar refractivity (Wildman–Crippen MR) is 225 cm³/mol. The zero-order valence-electron chi connectivity index (χ0n) is 35.5. The molecule has 0 bridgehead atoms. The first-order valence-corrected chi connectivity index (χ1v) is 24.2. The summed E-state index contributed by atoms with van der Waals surface area (Å²) in [6.45, 7) is 20.7. The number of aromatic nitrogens is 2. The Bertz CT molecular complexity index is 1870. The number of sulfone groups is 1. The number of hydrogen-bond donors (Lipinski definition) is 2. The van der Waals surface area contributed by atoms with Crippen molar-refractivity contribution in [1.29, 1.82) is 0 Å². The van der Waals surface area contributed by atoms with Gasteiger partial charge in [0.25, 0.3) is 0 Å². The van der Waals surface area contributed by atoms with Crippen LogP contribution in [0.2, 0.25) is 0 Å². The van der Waals surface area contributed by atoms with Gasteiger partial charge < -0.3 is 20.1 Å². The SMILES string of the molecule is C=C(C)[C@@H]1CC[C@]2(NCCN3CCS(=O)(=O)CC3)CC[C@@]3(C)C4CC[C@H]5C(C)(C)C(C6=CCC(CCOc7ncccn7)(C(=O)O)CC6)=CC[C@]5(C)[C@H]4CC[C@@H]3[C@@H]12. The van der Waals surface area contributed by atoms with Crippen LogP contribution in [0.1, 0.15) is 118 Å². The monoisotopic (exact) mass is 803 g/mol. The minimum atomic E-state index is -2.87. The molecule has 6 aliphatic carbocycles. The van der Waals surface area contributed by atoms with Crippen molar-refractivity contribution >= 4 is 15.8 Å². The third-order valence-electron chi connectivity index (χ3n) is 17.9. The number of hydrogen-bond acceptors (Lipinski definition) is 8. The van der Waals surface area contributed by atoms with Crippen LogP contribution in [-0.4, -0.2) is 84.2 Å². The first-order valence-electron chi connectivity index (χ1n) is 22.4. The lowest BCUT2D eigenvalue weighted by molar-refractivity contribution is -0.170. The van der Waals surface area contributed by atoms with Gasteiger partial charge in [0.2, 0.25) is 0 Å². The maximum Gasteiger partial charge on any atom is 0.316 e. The van der Waals surface area contributed by atoms with Crippen molar-refractivity contribution in [2.45, 2.75) is 124 Å². The molecule has 4 saturated carbocycles. The molecule has 1 aromatic rings. The normalized spacial score (nSPS) is 41.0. The summed E-state index contributed by atoms with van der Waals surface area (Å²) in [4.78, 5) is 23.3. The fourth-order valence-electron chi connectivity index (χ4n) is 14.9. The molecular weight excluding hydrogens is 733 g/mol. The fourth-order valence-corrected chi connectivity index (χ4v) is 16.2. The molecule has 1 aromatic heterocycles. The molecule has 10 heteroatoms. The van der Waals surface area contributed by atoms with E-state index >= 15 is 0 Å². The van der Waals surface area contributed by atoms with Gasteiger partial charge in [0.05, 0.1) is 23.5 Å². The first-order chi connectivity index (χ1) is 27.0. The van der Waals surface area contributed by atoms with Crippen LogP contribution in [0.5, 0.6) is 6.01 Å². The lowest BCUT2D eigenvalue weighted by atomic mass is 9.37. The Labute approximate surface area is 342 Å². The molecule has 2 heterocycles. The Morgan fingerprint density at radius 1 is 0.930 bits per heavy atom. The standard InChI is InChI=1S/C47H70N4O5S/c1-32(2)34-14-19-47(50-25-26-51-27-30-57(54,55)31-28-51)21-20-44(5)36-10-11-39-43(3,4)35(15-16-45(39,6)37(36)8-9-38(44)40(34)47)33-12-17-46(18-13-33,41(52)53)22-29-56-42-48-23-7-24-49-42/h7,12,15,23-24,34,36-40,50H,1,8-11,13-14,16-22,25-31H2,2-6H3,(H,52,53)/t34-,36?,37-,38+,39-,40+,44-,45+,46?,47-/m0/s1. The van der Waals surface area contributed by atoms with Gasteiger partial charge in [-0.3, -0.25) is 4.79 Å². The number of rotatable bonds is 11. The molecule has 5 fully saturated rings. The highest BCUT2D eigenvalue weighted by Gasteiger charge is 2.66. The van der Waals surface area contributed by atoms with Gasteiger partial charge in [-0.05, 0) is 159 Å². The second kappa shape index (κ2) is 15.2. The summed E-state index contributed by atoms with van der Waals surface area (Å²) in [5.74, 6) is 3.78. The average molecular weight is 803 g/mol. The van der Waals surface area contributed by atoms with E-state index in [-0.39, 0.29) is 23.0 Å². The molecule has 0 radical (unpaired) electrons. The van der Waals surface area contributed by atoms with E-state index in [1.54, 1.807) is 18.5 Å². The van der Waals surface area contributed by atoms with E-state index in [1.807, 2.05) is 0 Å². The highest BCUT2D eigenvalue weighted by molar-refractivity contribution is 7.91. The molecule has 0 amide bonds. The summed E-state index contributed by atoms with van der Waals surface area (Å²) < 4.78 is 29.9. The van der Waals surface area contributed by atoms with Crippen molar-refractivity contribution in [2.24, 2.45) is 57.2 Å². The summed E-state index contributed by atoms with van der Waals surface area (Å²) in [5, 5.41) is 14.6. The molecule has 2 unspecified atom stereocenters. The number of carbonyl (C=O) groups is 1. The fraction of sp³-hybridized carbons (Fsp3) is 0.766. The summed E-state index contributed by atoms with van der Waals surface area (Å²) >= 11 is 0. The third-order valence-corrected chi connectivity index (χ3v) is 19.6. The lowest BCUT2D eigenvalue weighted by Gasteiger charge is -2.68. The summed E-state index contributed by atoms with van der Waals surface area (Å²) in [6, 6.07) is 2.04. The number of fused-ring (bicyclic) bond motifs is 7. The third kappa shape index (κ3) is 7.17. The zero-order valence-corrected chi connectivity index (χ0v) is 36.3. The smallest absolute Gasteiger partial charge is 0.316 e. The van der Waals surface area contributed by atoms with Crippen LogP contribution in [0, 0.1) is 57.2 Å². The number of allylic oxidation sites excluding steroid dienone is 5. The van der Waals surface area contributed by atoms with Gasteiger partial charge in [0, 0.05) is 44.1 Å². The number of nitrogens with one attached hydrogen (secondary N) is 1. The molecular formula is C47H70N4O5S. The van der Waals surface area contributed by atoms with E-state index in [4.69, 9.17) is 4.74 Å². The van der Waals surface area contributed by atoms with Gasteiger partial charge in [-0.25, -0.2) is 18.4 Å². The summed E-state index contributed by atoms with van der Waals surface area (Å²) in [5.41, 5.74) is 4.14. The van der Waals surface area contributed by atoms with Crippen LogP contribution in [0.15, 0.2) is 53.9 Å². The van der Waals surface area contributed by atoms with Crippen LogP contribution in [-0.2, 0) is 14.6 Å². The van der Waals surface area contributed by atoms with Crippen molar-refractivity contribution in [1.82, 2.24) is 20.2 Å². The zero-order chi connectivity index (χ0) is 40.4. The minimum absolute atomic E-state index is 0.0270. The van der Waals surface area contributed by atoms with E-state index < -0.39 is 21.2 Å². The van der Waals surface area contributed by atoms with E-state index in [0.717, 1.165) is 31.8 Å². The van der Waals surface area contributed by atoms with Crippen LogP contribution >= 0.6 is 0 Å². The summed E-state index contributed by atoms with van der Waals surface area (Å²) in [7, 11) is -2.87. The number of carboxylic acids is 1. The minimum Gasteiger partial charge on any atom is -0.481 e. The Morgan fingerprint density at radius 2 is 1.63 bits per heavy atom. The topological polar surface area (TPSA) is 122 Å². The molecule has 57 heavy (non-hydrogen) atoms. The quantitative estimate of drug-likeness (QED) is 0.213. The van der Waals surface area contributed by atoms with E-state index in [1.165, 1.54) is 68.1 Å². The molecule has 1 saturated heterocycles. The van der Waals surface area contributed by atoms with Crippen molar-refractivity contribution in [3.63, 3.8) is 0 Å². The Hall–Kier alpha value is -2.56. The molecule has 2 N–H and O–H groups in total. The number of nitrogens with zero attached hydrogens (tertiary/aromatic N) is 3. The maximum absolute atomic E-state index is 12.7. The van der Waals surface area contributed by atoms with Gasteiger partial charge in [0.1, 0.15) is 0 Å². The number of ether oxygens (including phenoxy) is 1. The molecule has 0 aromatic carbocycles. The maximum atomic E-state index is 12.7. The van der Waals surface area contributed by atoms with Crippen molar-refractivity contribution in [2.75, 3.05) is 44.3 Å². The van der Waals surface area contributed by atoms with Gasteiger partial charge in [-0.15, -0.1) is 0 Å². The summed E-state index contributed by atoms with van der Waals surface area (Å²) in [6.07, 6.45) is 21.8. The first kappa shape index (κ1) is 41.2. The van der Waals surface area contributed by atoms with Crippen LogP contribution in [0.25, 0.3) is 0 Å². The van der Waals surface area contributed by atoms with Crippen molar-refractivity contribution < 1.29 is 23.1 Å². The molecule has 314 valence electrons. The Balaban J connectivity index is 0.974. The van der Waals surface area contributed by atoms with Gasteiger partial charge in [-0.1, -0.05) is 52.0 Å². The lowest BCUT2D eigenvalue weighted by Crippen LogP contribution is -2.65. The molecule has 0 spiro atoms. The van der Waals surface area contributed by atoms with Gasteiger partial charge in [0.15, 0.2) is 9.84 Å². The Kier molecular flexibility index (Phi) is 11.0. The van der Waals surface area contributed by atoms with Crippen LogP contribution < -0.4 is 10.1 Å². The second-order valence-electron chi connectivity index (χ2n) is 20.8. The highest BCUT2D eigenvalue weighted by atomic mass is 32.2. The van der Waals surface area contributed by atoms with Crippen LogP contribution in [0.4, 0.5) is 0 Å². The Morgan fingerprint density at radius 3 is 2.32 bits per heavy atom. The highest BCUT2D eigenvalue weighted by Crippen LogP contribution is 2.72. The largest absolute Gasteiger partial charge is 0.481 e. The van der Waals surface area contributed by atoms with Gasteiger partial charge >= 0.3 is 12.0 Å². The van der Waals surface area contributed by atoms with E-state index in [0.29, 0.717) is 84.9 Å². The van der Waals surface area contributed by atoms with E-state index in [2.05, 4.69) is 73.5 Å². The van der Waals surface area contributed by atoms with Crippen molar-refractivity contribution in [3.8, 4) is 6.01 Å². The van der Waals surface area contributed by atoms with Gasteiger partial charge in [-0.2, -0.15) is 0 Å². The number of aliphatic carboxylic acids is 1. The second-order valence-corrected chi connectivity index (χ2v) is 23.1. The number of carboxylic acid groups (broad SMARTS) is 1. The molecule has 8 rings (SSSR count). The molecule has 7 aliphatic rings. The molecule has 10 atom stereocenters. The molecule has 1 aliphatic heterocycles. The predicted octanol–water partition coefficient (Wildman–Crippen LogP) is 8.30. The molecule has 9 nitrogen and oxygen atoms in total.